The molecule has 1 aliphatic heterocycles. The predicted molar refractivity (Wildman–Crippen MR) is 82.6 cm³/mol. The van der Waals surface area contributed by atoms with Crippen LogP contribution in [0.3, 0.4) is 0 Å². The largest absolute Gasteiger partial charge is 0.313 e. The normalized spacial score (nSPS) is 26.7. The van der Waals surface area contributed by atoms with Crippen LogP contribution < -0.4 is 5.32 Å². The van der Waals surface area contributed by atoms with Crippen LogP contribution in [0.1, 0.15) is 52.9 Å². The minimum atomic E-state index is 0.656. The van der Waals surface area contributed by atoms with Crippen molar-refractivity contribution in [2.45, 2.75) is 71.0 Å². The molecule has 2 fully saturated rings. The maximum Gasteiger partial charge on any atom is 0.0222 e. The van der Waals surface area contributed by atoms with Gasteiger partial charge in [-0.2, -0.15) is 0 Å². The lowest BCUT2D eigenvalue weighted by Crippen LogP contribution is -2.56. The topological polar surface area (TPSA) is 18.5 Å². The first-order valence-electron chi connectivity index (χ1n) is 8.47. The van der Waals surface area contributed by atoms with Crippen molar-refractivity contribution in [1.29, 1.82) is 0 Å². The van der Waals surface area contributed by atoms with E-state index in [1.54, 1.807) is 0 Å². The van der Waals surface area contributed by atoms with E-state index in [9.17, 15) is 0 Å². The third-order valence-electron chi connectivity index (χ3n) is 5.25. The summed E-state index contributed by atoms with van der Waals surface area (Å²) < 4.78 is 0. The number of rotatable bonds is 6. The molecule has 2 atom stereocenters. The molecule has 3 nitrogen and oxygen atoms in total. The van der Waals surface area contributed by atoms with Gasteiger partial charge in [0.2, 0.25) is 0 Å². The Bertz CT molecular complexity index is 242. The smallest absolute Gasteiger partial charge is 0.0222 e. The second-order valence-electron chi connectivity index (χ2n) is 6.32. The summed E-state index contributed by atoms with van der Waals surface area (Å²) in [5.41, 5.74) is 0. The van der Waals surface area contributed by atoms with Crippen molar-refractivity contribution < 1.29 is 0 Å². The van der Waals surface area contributed by atoms with Crippen LogP contribution in [0.4, 0.5) is 0 Å². The monoisotopic (exact) mass is 267 g/mol. The van der Waals surface area contributed by atoms with Gasteiger partial charge in [-0.05, 0) is 32.7 Å². The van der Waals surface area contributed by atoms with Crippen LogP contribution in [-0.2, 0) is 0 Å². The number of hydrogen-bond donors (Lipinski definition) is 1. The first-order chi connectivity index (χ1) is 9.26. The van der Waals surface area contributed by atoms with Crippen molar-refractivity contribution in [1.82, 2.24) is 15.1 Å². The minimum Gasteiger partial charge on any atom is -0.313 e. The average molecular weight is 267 g/mol. The van der Waals surface area contributed by atoms with Gasteiger partial charge in [0.05, 0.1) is 0 Å². The molecule has 1 N–H and O–H groups in total. The molecule has 0 radical (unpaired) electrons. The summed E-state index contributed by atoms with van der Waals surface area (Å²) in [6, 6.07) is 2.24. The number of piperazine rings is 1. The quantitative estimate of drug-likeness (QED) is 0.797. The molecule has 1 saturated heterocycles. The Hall–Kier alpha value is -0.120. The zero-order valence-corrected chi connectivity index (χ0v) is 13.2. The molecule has 0 aromatic rings. The van der Waals surface area contributed by atoms with Crippen LogP contribution >= 0.6 is 0 Å². The Labute approximate surface area is 119 Å². The molecule has 0 aromatic carbocycles. The van der Waals surface area contributed by atoms with E-state index in [0.29, 0.717) is 12.1 Å². The highest BCUT2D eigenvalue weighted by molar-refractivity contribution is 4.87. The van der Waals surface area contributed by atoms with Crippen LogP contribution in [0.15, 0.2) is 0 Å². The van der Waals surface area contributed by atoms with Crippen LogP contribution in [0.5, 0.6) is 0 Å². The molecule has 1 saturated carbocycles. The third kappa shape index (κ3) is 3.93. The Balaban J connectivity index is 1.78. The molecular weight excluding hydrogens is 234 g/mol. The van der Waals surface area contributed by atoms with Crippen LogP contribution in [0, 0.1) is 0 Å². The summed E-state index contributed by atoms with van der Waals surface area (Å²) in [4.78, 5) is 5.45. The number of nitrogens with zero attached hydrogens (tertiary/aromatic N) is 2. The van der Waals surface area contributed by atoms with E-state index in [2.05, 4.69) is 35.9 Å². The van der Waals surface area contributed by atoms with Crippen LogP contribution in [0.25, 0.3) is 0 Å². The molecule has 0 amide bonds. The van der Waals surface area contributed by atoms with Gasteiger partial charge in [0, 0.05) is 44.3 Å². The number of hydrogen-bond acceptors (Lipinski definition) is 3. The van der Waals surface area contributed by atoms with Gasteiger partial charge in [-0.3, -0.25) is 9.80 Å². The zero-order chi connectivity index (χ0) is 13.7. The highest BCUT2D eigenvalue weighted by Gasteiger charge is 2.29. The summed E-state index contributed by atoms with van der Waals surface area (Å²) in [5.74, 6) is 0. The average Bonchev–Trinajstić information content (AvgIpc) is 2.98. The van der Waals surface area contributed by atoms with E-state index in [4.69, 9.17) is 0 Å². The molecule has 2 rings (SSSR count). The minimum absolute atomic E-state index is 0.656. The van der Waals surface area contributed by atoms with Crippen LogP contribution in [-0.4, -0.2) is 60.6 Å². The predicted octanol–water partition coefficient (Wildman–Crippen LogP) is 2.32. The third-order valence-corrected chi connectivity index (χ3v) is 5.25. The van der Waals surface area contributed by atoms with E-state index in [1.807, 2.05) is 0 Å². The van der Waals surface area contributed by atoms with Gasteiger partial charge in [0.1, 0.15) is 0 Å². The molecule has 112 valence electrons. The van der Waals surface area contributed by atoms with Crippen LogP contribution in [0.2, 0.25) is 0 Å². The van der Waals surface area contributed by atoms with Gasteiger partial charge < -0.3 is 5.32 Å². The van der Waals surface area contributed by atoms with Gasteiger partial charge in [0.15, 0.2) is 0 Å². The first-order valence-corrected chi connectivity index (χ1v) is 8.47. The van der Waals surface area contributed by atoms with E-state index >= 15 is 0 Å². The Morgan fingerprint density at radius 2 is 1.68 bits per heavy atom. The Morgan fingerprint density at radius 1 is 1.05 bits per heavy atom. The van der Waals surface area contributed by atoms with Crippen molar-refractivity contribution in [3.05, 3.63) is 0 Å². The maximum atomic E-state index is 3.64. The lowest BCUT2D eigenvalue weighted by atomic mass is 10.0. The van der Waals surface area contributed by atoms with E-state index in [1.165, 1.54) is 58.3 Å². The molecule has 2 unspecified atom stereocenters. The molecule has 2 aliphatic rings. The second-order valence-corrected chi connectivity index (χ2v) is 6.32. The van der Waals surface area contributed by atoms with Gasteiger partial charge in [0.25, 0.3) is 0 Å². The fourth-order valence-electron chi connectivity index (χ4n) is 3.95. The fraction of sp³-hybridized carbons (Fsp3) is 1.00. The van der Waals surface area contributed by atoms with Gasteiger partial charge >= 0.3 is 0 Å². The maximum absolute atomic E-state index is 3.64. The summed E-state index contributed by atoms with van der Waals surface area (Å²) in [6.07, 6.45) is 7.05. The fourth-order valence-corrected chi connectivity index (χ4v) is 3.95. The molecule has 0 spiro atoms. The summed E-state index contributed by atoms with van der Waals surface area (Å²) >= 11 is 0. The van der Waals surface area contributed by atoms with E-state index < -0.39 is 0 Å². The van der Waals surface area contributed by atoms with E-state index in [-0.39, 0.29) is 0 Å². The van der Waals surface area contributed by atoms with Gasteiger partial charge in [-0.1, -0.05) is 26.7 Å². The molecule has 19 heavy (non-hydrogen) atoms. The molecule has 0 aromatic heterocycles. The van der Waals surface area contributed by atoms with Crippen molar-refractivity contribution in [2.24, 2.45) is 0 Å². The zero-order valence-electron chi connectivity index (χ0n) is 13.2. The van der Waals surface area contributed by atoms with Crippen molar-refractivity contribution in [3.8, 4) is 0 Å². The lowest BCUT2D eigenvalue weighted by Gasteiger charge is -2.42. The summed E-state index contributed by atoms with van der Waals surface area (Å²) in [7, 11) is 0. The highest BCUT2D eigenvalue weighted by atomic mass is 15.3. The van der Waals surface area contributed by atoms with E-state index in [0.717, 1.165) is 12.6 Å². The molecule has 1 aliphatic carbocycles. The number of likely N-dealkylation sites (N-methyl/N-ethyl adjacent to an activating group) is 1. The van der Waals surface area contributed by atoms with Gasteiger partial charge in [-0.25, -0.2) is 0 Å². The molecule has 3 heteroatoms. The standard InChI is InChI=1S/C16H33N3/c1-4-16(17-5-2)14(3)18-10-12-19(13-11-18)15-8-6-7-9-15/h14-17H,4-13H2,1-3H3. The van der Waals surface area contributed by atoms with Gasteiger partial charge in [-0.15, -0.1) is 0 Å². The van der Waals surface area contributed by atoms with Crippen molar-refractivity contribution >= 4 is 0 Å². The SMILES string of the molecule is CCNC(CC)C(C)N1CCN(C2CCCC2)CC1. The first kappa shape index (κ1) is 15.3. The molecular formula is C16H33N3. The van der Waals surface area contributed by atoms with Crippen molar-refractivity contribution in [2.75, 3.05) is 32.7 Å². The lowest BCUT2D eigenvalue weighted by molar-refractivity contribution is 0.0627. The Morgan fingerprint density at radius 3 is 2.21 bits per heavy atom. The van der Waals surface area contributed by atoms with Crippen molar-refractivity contribution in [3.63, 3.8) is 0 Å². The Kier molecular flexibility index (Phi) is 6.11. The molecule has 1 heterocycles. The highest BCUT2D eigenvalue weighted by Crippen LogP contribution is 2.24. The summed E-state index contributed by atoms with van der Waals surface area (Å²) in [6.45, 7) is 13.1. The molecule has 0 bridgehead atoms. The summed E-state index contributed by atoms with van der Waals surface area (Å²) in [5, 5.41) is 3.64. The second kappa shape index (κ2) is 7.61. The number of nitrogens with one attached hydrogen (secondary N) is 1.